The van der Waals surface area contributed by atoms with Gasteiger partial charge in [-0.2, -0.15) is 0 Å². The van der Waals surface area contributed by atoms with E-state index >= 15 is 0 Å². The molecule has 19 heavy (non-hydrogen) atoms. The SMILES string of the molecule is CC(C)=CCNS(=O)(=O)CCOc1cccc(N)c1. The number of anilines is 1. The molecule has 0 saturated carbocycles. The normalized spacial score (nSPS) is 11.1. The summed E-state index contributed by atoms with van der Waals surface area (Å²) in [5, 5.41) is 0. The van der Waals surface area contributed by atoms with Crippen LogP contribution >= 0.6 is 0 Å². The number of allylic oxidation sites excluding steroid dienone is 1. The molecule has 0 spiro atoms. The van der Waals surface area contributed by atoms with Gasteiger partial charge in [0.2, 0.25) is 10.0 Å². The van der Waals surface area contributed by atoms with E-state index in [1.165, 1.54) is 0 Å². The van der Waals surface area contributed by atoms with Gasteiger partial charge in [-0.05, 0) is 26.0 Å². The van der Waals surface area contributed by atoms with Crippen molar-refractivity contribution in [2.45, 2.75) is 13.8 Å². The van der Waals surface area contributed by atoms with E-state index in [1.807, 2.05) is 19.9 Å². The number of sulfonamides is 1. The van der Waals surface area contributed by atoms with Gasteiger partial charge >= 0.3 is 0 Å². The summed E-state index contributed by atoms with van der Waals surface area (Å²) in [6, 6.07) is 6.89. The quantitative estimate of drug-likeness (QED) is 0.588. The summed E-state index contributed by atoms with van der Waals surface area (Å²) in [4.78, 5) is 0. The summed E-state index contributed by atoms with van der Waals surface area (Å²) in [5.41, 5.74) is 7.25. The van der Waals surface area contributed by atoms with Crippen LogP contribution in [0.1, 0.15) is 13.8 Å². The highest BCUT2D eigenvalue weighted by Crippen LogP contribution is 2.14. The molecule has 0 unspecified atom stereocenters. The van der Waals surface area contributed by atoms with Crippen molar-refractivity contribution in [2.75, 3.05) is 24.6 Å². The summed E-state index contributed by atoms with van der Waals surface area (Å²) in [7, 11) is -3.31. The van der Waals surface area contributed by atoms with Crippen LogP contribution in [0.5, 0.6) is 5.75 Å². The second kappa shape index (κ2) is 7.16. The van der Waals surface area contributed by atoms with Crippen LogP contribution in [0.15, 0.2) is 35.9 Å². The molecule has 0 aromatic heterocycles. The fourth-order valence-electron chi connectivity index (χ4n) is 1.32. The Morgan fingerprint density at radius 2 is 2.16 bits per heavy atom. The predicted octanol–water partition coefficient (Wildman–Crippen LogP) is 1.53. The summed E-state index contributed by atoms with van der Waals surface area (Å²) < 4.78 is 31.1. The van der Waals surface area contributed by atoms with E-state index in [1.54, 1.807) is 24.3 Å². The lowest BCUT2D eigenvalue weighted by Gasteiger charge is -2.08. The van der Waals surface area contributed by atoms with Crippen molar-refractivity contribution >= 4 is 15.7 Å². The van der Waals surface area contributed by atoms with E-state index in [9.17, 15) is 8.42 Å². The lowest BCUT2D eigenvalue weighted by atomic mass is 10.3. The van der Waals surface area contributed by atoms with Gasteiger partial charge in [0, 0.05) is 18.3 Å². The van der Waals surface area contributed by atoms with Crippen LogP contribution < -0.4 is 15.2 Å². The van der Waals surface area contributed by atoms with Crippen molar-refractivity contribution in [3.8, 4) is 5.75 Å². The number of nitrogens with two attached hydrogens (primary N) is 1. The molecule has 0 aliphatic rings. The molecular weight excluding hydrogens is 264 g/mol. The minimum Gasteiger partial charge on any atom is -0.492 e. The first-order valence-electron chi connectivity index (χ1n) is 5.98. The molecule has 0 amide bonds. The molecule has 0 atom stereocenters. The number of ether oxygens (including phenoxy) is 1. The van der Waals surface area contributed by atoms with Crippen molar-refractivity contribution in [1.82, 2.24) is 4.72 Å². The van der Waals surface area contributed by atoms with E-state index < -0.39 is 10.0 Å². The Hall–Kier alpha value is -1.53. The first-order chi connectivity index (χ1) is 8.89. The van der Waals surface area contributed by atoms with Crippen molar-refractivity contribution in [2.24, 2.45) is 0 Å². The third kappa shape index (κ3) is 6.83. The van der Waals surface area contributed by atoms with Gasteiger partial charge < -0.3 is 10.5 Å². The number of rotatable bonds is 7. The topological polar surface area (TPSA) is 81.4 Å². The van der Waals surface area contributed by atoms with E-state index in [0.29, 0.717) is 18.0 Å². The van der Waals surface area contributed by atoms with E-state index in [4.69, 9.17) is 10.5 Å². The molecule has 3 N–H and O–H groups in total. The average molecular weight is 284 g/mol. The maximum atomic E-state index is 11.6. The van der Waals surface area contributed by atoms with Gasteiger partial charge in [0.25, 0.3) is 0 Å². The summed E-state index contributed by atoms with van der Waals surface area (Å²) >= 11 is 0. The molecule has 0 aliphatic carbocycles. The Labute approximate surface area is 114 Å². The average Bonchev–Trinajstić information content (AvgIpc) is 2.27. The van der Waals surface area contributed by atoms with Crippen LogP contribution in [0.4, 0.5) is 5.69 Å². The second-order valence-corrected chi connectivity index (χ2v) is 6.30. The van der Waals surface area contributed by atoms with Gasteiger partial charge in [0.15, 0.2) is 0 Å². The molecule has 1 aromatic rings. The third-order valence-electron chi connectivity index (χ3n) is 2.29. The minimum absolute atomic E-state index is 0.0849. The van der Waals surface area contributed by atoms with Crippen LogP contribution in [-0.2, 0) is 10.0 Å². The maximum absolute atomic E-state index is 11.6. The zero-order valence-electron chi connectivity index (χ0n) is 11.2. The van der Waals surface area contributed by atoms with E-state index in [2.05, 4.69) is 4.72 Å². The van der Waals surface area contributed by atoms with Crippen LogP contribution in [0.25, 0.3) is 0 Å². The highest BCUT2D eigenvalue weighted by molar-refractivity contribution is 7.89. The largest absolute Gasteiger partial charge is 0.492 e. The molecule has 0 heterocycles. The molecule has 1 aromatic carbocycles. The van der Waals surface area contributed by atoms with Gasteiger partial charge in [-0.15, -0.1) is 0 Å². The smallest absolute Gasteiger partial charge is 0.215 e. The fourth-order valence-corrected chi connectivity index (χ4v) is 2.10. The molecule has 0 fully saturated rings. The van der Waals surface area contributed by atoms with Crippen molar-refractivity contribution < 1.29 is 13.2 Å². The number of nitrogens with one attached hydrogen (secondary N) is 1. The van der Waals surface area contributed by atoms with Gasteiger partial charge in [-0.3, -0.25) is 0 Å². The lowest BCUT2D eigenvalue weighted by Crippen LogP contribution is -2.29. The van der Waals surface area contributed by atoms with Crippen LogP contribution in [0.2, 0.25) is 0 Å². The highest BCUT2D eigenvalue weighted by atomic mass is 32.2. The molecule has 0 radical (unpaired) electrons. The predicted molar refractivity (Wildman–Crippen MR) is 77.6 cm³/mol. The lowest BCUT2D eigenvalue weighted by molar-refractivity contribution is 0.340. The standard InChI is InChI=1S/C13H20N2O3S/c1-11(2)6-7-15-19(16,17)9-8-18-13-5-3-4-12(14)10-13/h3-6,10,15H,7-9,14H2,1-2H3. The molecule has 106 valence electrons. The molecule has 0 aliphatic heterocycles. The van der Waals surface area contributed by atoms with Gasteiger partial charge in [-0.1, -0.05) is 17.7 Å². The number of benzene rings is 1. The van der Waals surface area contributed by atoms with Gasteiger partial charge in [0.1, 0.15) is 12.4 Å². The molecule has 5 nitrogen and oxygen atoms in total. The maximum Gasteiger partial charge on any atom is 0.215 e. The zero-order chi connectivity index (χ0) is 14.3. The third-order valence-corrected chi connectivity index (χ3v) is 3.60. The molecule has 6 heteroatoms. The van der Waals surface area contributed by atoms with Crippen molar-refractivity contribution in [1.29, 1.82) is 0 Å². The second-order valence-electron chi connectivity index (χ2n) is 4.37. The monoisotopic (exact) mass is 284 g/mol. The first-order valence-corrected chi connectivity index (χ1v) is 7.63. The number of hydrogen-bond acceptors (Lipinski definition) is 4. The molecule has 0 saturated heterocycles. The van der Waals surface area contributed by atoms with Gasteiger partial charge in [0.05, 0.1) is 5.75 Å². The summed E-state index contributed by atoms with van der Waals surface area (Å²) in [5.74, 6) is 0.484. The Bertz CT molecular complexity index is 535. The van der Waals surface area contributed by atoms with Gasteiger partial charge in [-0.25, -0.2) is 13.1 Å². The summed E-state index contributed by atoms with van der Waals surface area (Å²) in [6.07, 6.45) is 1.82. The Morgan fingerprint density at radius 3 is 2.79 bits per heavy atom. The number of nitrogen functional groups attached to an aromatic ring is 1. The first kappa shape index (κ1) is 15.5. The molecular formula is C13H20N2O3S. The molecule has 0 bridgehead atoms. The van der Waals surface area contributed by atoms with Crippen molar-refractivity contribution in [3.63, 3.8) is 0 Å². The van der Waals surface area contributed by atoms with Crippen LogP contribution in [0, 0.1) is 0 Å². The highest BCUT2D eigenvalue weighted by Gasteiger charge is 2.08. The Morgan fingerprint density at radius 1 is 1.42 bits per heavy atom. The van der Waals surface area contributed by atoms with E-state index in [-0.39, 0.29) is 12.4 Å². The van der Waals surface area contributed by atoms with Crippen molar-refractivity contribution in [3.05, 3.63) is 35.9 Å². The Kier molecular flexibility index (Phi) is 5.85. The zero-order valence-corrected chi connectivity index (χ0v) is 12.0. The summed E-state index contributed by atoms with van der Waals surface area (Å²) in [6.45, 7) is 4.23. The van der Waals surface area contributed by atoms with E-state index in [0.717, 1.165) is 5.57 Å². The van der Waals surface area contributed by atoms with Crippen LogP contribution in [-0.4, -0.2) is 27.3 Å². The fraction of sp³-hybridized carbons (Fsp3) is 0.385. The minimum atomic E-state index is -3.31. The molecule has 1 rings (SSSR count). The van der Waals surface area contributed by atoms with Crippen LogP contribution in [0.3, 0.4) is 0 Å². The number of hydrogen-bond donors (Lipinski definition) is 2. The Balaban J connectivity index is 2.37.